The summed E-state index contributed by atoms with van der Waals surface area (Å²) in [6.07, 6.45) is 0.778. The van der Waals surface area contributed by atoms with Crippen LogP contribution in [0.25, 0.3) is 0 Å². The molecule has 1 amide bonds. The van der Waals surface area contributed by atoms with E-state index in [4.69, 9.17) is 4.74 Å². The summed E-state index contributed by atoms with van der Waals surface area (Å²) in [5.41, 5.74) is 1.59. The molecular formula is C21H26N2O5S. The lowest BCUT2D eigenvalue weighted by Gasteiger charge is -2.20. The highest BCUT2D eigenvalue weighted by atomic mass is 32.2. The van der Waals surface area contributed by atoms with Crippen molar-refractivity contribution in [2.45, 2.75) is 38.1 Å². The second-order valence-corrected chi connectivity index (χ2v) is 8.75. The molecule has 0 aromatic heterocycles. The number of hydrogen-bond acceptors (Lipinski definition) is 5. The van der Waals surface area contributed by atoms with Crippen LogP contribution in [0.4, 0.5) is 5.69 Å². The molecule has 0 radical (unpaired) electrons. The topological polar surface area (TPSA) is 92.8 Å². The third-order valence-corrected chi connectivity index (χ3v) is 6.30. The van der Waals surface area contributed by atoms with Crippen LogP contribution in [0.5, 0.6) is 0 Å². The van der Waals surface area contributed by atoms with Gasteiger partial charge in [-0.05, 0) is 56.7 Å². The Bertz CT molecular complexity index is 954. The molecule has 0 aliphatic rings. The van der Waals surface area contributed by atoms with Crippen molar-refractivity contribution >= 4 is 27.6 Å². The summed E-state index contributed by atoms with van der Waals surface area (Å²) in [7, 11) is -2.27. The summed E-state index contributed by atoms with van der Waals surface area (Å²) < 4.78 is 31.6. The van der Waals surface area contributed by atoms with Crippen LogP contribution in [0, 0.1) is 6.92 Å². The van der Waals surface area contributed by atoms with E-state index < -0.39 is 16.0 Å². The number of amides is 1. The number of carbonyl (C=O) groups is 2. The Morgan fingerprint density at radius 3 is 2.21 bits per heavy atom. The third kappa shape index (κ3) is 5.80. The number of sulfonamides is 1. The smallest absolute Gasteiger partial charge is 0.338 e. The molecule has 8 heteroatoms. The molecule has 156 valence electrons. The first-order valence-electron chi connectivity index (χ1n) is 9.27. The second kappa shape index (κ2) is 9.56. The van der Waals surface area contributed by atoms with Crippen molar-refractivity contribution in [3.63, 3.8) is 0 Å². The fourth-order valence-corrected chi connectivity index (χ4v) is 3.64. The number of aryl methyl sites for hydroxylation is 1. The van der Waals surface area contributed by atoms with Crippen LogP contribution in [-0.4, -0.2) is 40.0 Å². The van der Waals surface area contributed by atoms with Gasteiger partial charge in [0.1, 0.15) is 0 Å². The molecule has 2 aromatic rings. The highest BCUT2D eigenvalue weighted by Gasteiger charge is 2.21. The number of ether oxygens (including phenoxy) is 1. The average molecular weight is 419 g/mol. The molecule has 1 atom stereocenters. The van der Waals surface area contributed by atoms with Crippen LogP contribution in [0.1, 0.15) is 36.2 Å². The molecule has 29 heavy (non-hydrogen) atoms. The number of nitrogens with one attached hydrogen (secondary N) is 1. The number of hydrogen-bond donors (Lipinski definition) is 1. The van der Waals surface area contributed by atoms with Crippen LogP contribution in [-0.2, 0) is 19.6 Å². The van der Waals surface area contributed by atoms with Crippen molar-refractivity contribution in [1.29, 1.82) is 0 Å². The molecule has 1 N–H and O–H groups in total. The van der Waals surface area contributed by atoms with E-state index in [1.165, 1.54) is 31.3 Å². The fraction of sp³-hybridized carbons (Fsp3) is 0.333. The Kier molecular flexibility index (Phi) is 7.39. The van der Waals surface area contributed by atoms with Crippen molar-refractivity contribution in [2.75, 3.05) is 18.0 Å². The largest absolute Gasteiger partial charge is 0.452 e. The molecule has 2 rings (SSSR count). The number of esters is 1. The van der Waals surface area contributed by atoms with Crippen LogP contribution in [0.15, 0.2) is 53.4 Å². The van der Waals surface area contributed by atoms with Gasteiger partial charge in [-0.2, -0.15) is 0 Å². The van der Waals surface area contributed by atoms with E-state index in [9.17, 15) is 18.0 Å². The van der Waals surface area contributed by atoms with E-state index in [2.05, 4.69) is 5.32 Å². The summed E-state index contributed by atoms with van der Waals surface area (Å²) in [5.74, 6) is -1.02. The van der Waals surface area contributed by atoms with Gasteiger partial charge in [-0.3, -0.25) is 9.10 Å². The quantitative estimate of drug-likeness (QED) is 0.666. The minimum absolute atomic E-state index is 0.00602. The van der Waals surface area contributed by atoms with E-state index in [1.54, 1.807) is 24.3 Å². The molecule has 0 saturated heterocycles. The van der Waals surface area contributed by atoms with Gasteiger partial charge in [0.05, 0.1) is 16.1 Å². The highest BCUT2D eigenvalue weighted by Crippen LogP contribution is 2.22. The molecular weight excluding hydrogens is 392 g/mol. The summed E-state index contributed by atoms with van der Waals surface area (Å²) in [5, 5.41) is 2.71. The lowest BCUT2D eigenvalue weighted by atomic mass is 10.2. The Hall–Kier alpha value is -2.87. The summed E-state index contributed by atoms with van der Waals surface area (Å²) >= 11 is 0. The molecule has 0 unspecified atom stereocenters. The van der Waals surface area contributed by atoms with Gasteiger partial charge in [0.25, 0.3) is 15.9 Å². The molecule has 2 aromatic carbocycles. The lowest BCUT2D eigenvalue weighted by molar-refractivity contribution is -0.124. The minimum atomic E-state index is -3.71. The fourth-order valence-electron chi connectivity index (χ4n) is 2.45. The third-order valence-electron chi connectivity index (χ3n) is 4.50. The minimum Gasteiger partial charge on any atom is -0.452 e. The number of rotatable bonds is 8. The molecule has 0 fully saturated rings. The number of anilines is 1. The van der Waals surface area contributed by atoms with Gasteiger partial charge in [0.2, 0.25) is 0 Å². The molecule has 0 heterocycles. The molecule has 0 bridgehead atoms. The summed E-state index contributed by atoms with van der Waals surface area (Å²) in [6.45, 7) is 5.31. The Balaban J connectivity index is 2.04. The maximum atomic E-state index is 12.7. The Morgan fingerprint density at radius 2 is 1.66 bits per heavy atom. The van der Waals surface area contributed by atoms with Crippen LogP contribution >= 0.6 is 0 Å². The van der Waals surface area contributed by atoms with Gasteiger partial charge in [-0.25, -0.2) is 13.2 Å². The van der Waals surface area contributed by atoms with E-state index >= 15 is 0 Å². The second-order valence-electron chi connectivity index (χ2n) is 6.79. The summed E-state index contributed by atoms with van der Waals surface area (Å²) in [4.78, 5) is 24.0. The Morgan fingerprint density at radius 1 is 1.07 bits per heavy atom. The van der Waals surface area contributed by atoms with Crippen LogP contribution in [0.2, 0.25) is 0 Å². The van der Waals surface area contributed by atoms with Gasteiger partial charge < -0.3 is 10.1 Å². The normalized spacial score (nSPS) is 12.1. The number of carbonyl (C=O) groups excluding carboxylic acids is 2. The lowest BCUT2D eigenvalue weighted by Crippen LogP contribution is -2.35. The summed E-state index contributed by atoms with van der Waals surface area (Å²) in [6, 6.07) is 12.5. The molecule has 0 aliphatic heterocycles. The standard InChI is InChI=1S/C21H26N2O5S/c1-5-16(3)22-20(24)14-28-21(25)17-8-10-18(11-9-17)23(4)29(26,27)19-12-6-15(2)7-13-19/h6-13,16H,5,14H2,1-4H3,(H,22,24)/t16-/m1/s1. The monoisotopic (exact) mass is 418 g/mol. The molecule has 7 nitrogen and oxygen atoms in total. The van der Waals surface area contributed by atoms with Gasteiger partial charge in [-0.15, -0.1) is 0 Å². The first-order valence-corrected chi connectivity index (χ1v) is 10.7. The Labute approximate surface area is 171 Å². The van der Waals surface area contributed by atoms with Crippen LogP contribution < -0.4 is 9.62 Å². The average Bonchev–Trinajstić information content (AvgIpc) is 2.71. The maximum Gasteiger partial charge on any atom is 0.338 e. The van der Waals surface area contributed by atoms with Crippen LogP contribution in [0.3, 0.4) is 0 Å². The van der Waals surface area contributed by atoms with Gasteiger partial charge in [-0.1, -0.05) is 24.6 Å². The zero-order chi connectivity index (χ0) is 21.6. The SMILES string of the molecule is CC[C@@H](C)NC(=O)COC(=O)c1ccc(N(C)S(=O)(=O)c2ccc(C)cc2)cc1. The molecule has 0 aliphatic carbocycles. The van der Waals surface area contributed by atoms with E-state index in [0.717, 1.165) is 16.3 Å². The van der Waals surface area contributed by atoms with E-state index in [0.29, 0.717) is 5.69 Å². The first kappa shape index (κ1) is 22.4. The van der Waals surface area contributed by atoms with Gasteiger partial charge in [0.15, 0.2) is 6.61 Å². The zero-order valence-electron chi connectivity index (χ0n) is 17.0. The predicted molar refractivity (Wildman–Crippen MR) is 111 cm³/mol. The van der Waals surface area contributed by atoms with Crippen molar-refractivity contribution in [3.05, 3.63) is 59.7 Å². The van der Waals surface area contributed by atoms with Crippen molar-refractivity contribution in [3.8, 4) is 0 Å². The zero-order valence-corrected chi connectivity index (χ0v) is 17.8. The van der Waals surface area contributed by atoms with Gasteiger partial charge in [0, 0.05) is 13.1 Å². The predicted octanol–water partition coefficient (Wildman–Crippen LogP) is 2.89. The van der Waals surface area contributed by atoms with Crippen molar-refractivity contribution in [2.24, 2.45) is 0 Å². The van der Waals surface area contributed by atoms with Gasteiger partial charge >= 0.3 is 5.97 Å². The van der Waals surface area contributed by atoms with Crippen molar-refractivity contribution in [1.82, 2.24) is 5.32 Å². The van der Waals surface area contributed by atoms with E-state index in [1.807, 2.05) is 20.8 Å². The molecule has 0 spiro atoms. The number of nitrogens with zero attached hydrogens (tertiary/aromatic N) is 1. The molecule has 0 saturated carbocycles. The van der Waals surface area contributed by atoms with Crippen molar-refractivity contribution < 1.29 is 22.7 Å². The van der Waals surface area contributed by atoms with E-state index in [-0.39, 0.29) is 29.0 Å². The highest BCUT2D eigenvalue weighted by molar-refractivity contribution is 7.92. The number of benzene rings is 2. The maximum absolute atomic E-state index is 12.7. The first-order chi connectivity index (χ1) is 13.6.